The molecule has 170 valence electrons. The van der Waals surface area contributed by atoms with Crippen molar-refractivity contribution in [1.82, 2.24) is 14.6 Å². The fraction of sp³-hybridized carbons (Fsp3) is 0.174. The first-order chi connectivity index (χ1) is 15.6. The molecule has 10 heteroatoms. The number of benzene rings is 2. The highest BCUT2D eigenvalue weighted by molar-refractivity contribution is 6.06. The molecule has 2 N–H and O–H groups in total. The maximum absolute atomic E-state index is 13.8. The number of halogens is 3. The van der Waals surface area contributed by atoms with Crippen molar-refractivity contribution in [3.05, 3.63) is 81.9 Å². The van der Waals surface area contributed by atoms with Gasteiger partial charge in [-0.3, -0.25) is 14.7 Å². The zero-order valence-electron chi connectivity index (χ0n) is 18.0. The summed E-state index contributed by atoms with van der Waals surface area (Å²) in [6.45, 7) is 1.42. The Bertz CT molecular complexity index is 1410. The van der Waals surface area contributed by atoms with Crippen LogP contribution in [-0.2, 0) is 6.18 Å². The number of para-hydroxylation sites is 2. The number of aryl methyl sites for hydroxylation is 1. The minimum absolute atomic E-state index is 0.0183. The van der Waals surface area contributed by atoms with Crippen molar-refractivity contribution in [2.45, 2.75) is 13.1 Å². The summed E-state index contributed by atoms with van der Waals surface area (Å²) in [5.41, 5.74) is -1.45. The predicted molar refractivity (Wildman–Crippen MR) is 120 cm³/mol. The highest BCUT2D eigenvalue weighted by atomic mass is 19.4. The number of hydrogen-bond acceptors (Lipinski definition) is 4. The number of anilines is 2. The Morgan fingerprint density at radius 3 is 2.33 bits per heavy atom. The van der Waals surface area contributed by atoms with Gasteiger partial charge in [0.1, 0.15) is 11.3 Å². The molecule has 0 atom stereocenters. The first-order valence-corrected chi connectivity index (χ1v) is 9.95. The van der Waals surface area contributed by atoms with Gasteiger partial charge in [-0.1, -0.05) is 42.5 Å². The molecule has 4 aromatic rings. The van der Waals surface area contributed by atoms with Gasteiger partial charge in [0, 0.05) is 14.1 Å². The van der Waals surface area contributed by atoms with E-state index in [1.54, 1.807) is 61.5 Å². The van der Waals surface area contributed by atoms with Crippen LogP contribution in [0.15, 0.2) is 59.4 Å². The second kappa shape index (κ2) is 8.12. The van der Waals surface area contributed by atoms with Crippen molar-refractivity contribution >= 4 is 22.9 Å². The van der Waals surface area contributed by atoms with Gasteiger partial charge in [-0.05, 0) is 24.6 Å². The highest BCUT2D eigenvalue weighted by Gasteiger charge is 2.38. The average Bonchev–Trinajstić information content (AvgIpc) is 3.15. The quantitative estimate of drug-likeness (QED) is 0.480. The molecule has 0 saturated heterocycles. The molecule has 0 fully saturated rings. The van der Waals surface area contributed by atoms with Gasteiger partial charge in [0.15, 0.2) is 5.65 Å². The van der Waals surface area contributed by atoms with E-state index in [4.69, 9.17) is 0 Å². The molecule has 2 aromatic carbocycles. The van der Waals surface area contributed by atoms with Crippen LogP contribution in [-0.4, -0.2) is 34.6 Å². The number of amides is 1. The Kier molecular flexibility index (Phi) is 5.44. The summed E-state index contributed by atoms with van der Waals surface area (Å²) in [7, 11) is 3.59. The zero-order valence-corrected chi connectivity index (χ0v) is 18.0. The predicted octanol–water partition coefficient (Wildman–Crippen LogP) is 4.34. The number of carbonyl (C=O) groups is 1. The standard InChI is InChI=1S/C23H20F3N5O2/c1-13-17(21(32)28-15-11-7-8-12-16(15)30(2)3)22(33)31-20(27-13)18(14-9-5-4-6-10-14)19(29-31)23(24,25)26/h4-12,29H,1-3H3,(H,28,32). The second-order valence-electron chi connectivity index (χ2n) is 7.63. The molecule has 1 amide bonds. The molecule has 33 heavy (non-hydrogen) atoms. The van der Waals surface area contributed by atoms with Gasteiger partial charge < -0.3 is 10.2 Å². The smallest absolute Gasteiger partial charge is 0.376 e. The van der Waals surface area contributed by atoms with Gasteiger partial charge >= 0.3 is 6.18 Å². The third-order valence-corrected chi connectivity index (χ3v) is 5.17. The third-order valence-electron chi connectivity index (χ3n) is 5.17. The third kappa shape index (κ3) is 3.95. The lowest BCUT2D eigenvalue weighted by molar-refractivity contribution is -0.140. The SMILES string of the molecule is Cc1nc2c(-c3ccccc3)c(C(F)(F)F)[nH]n2c(=O)c1C(=O)Nc1ccccc1N(C)C. The molecule has 0 unspecified atom stereocenters. The first-order valence-electron chi connectivity index (χ1n) is 9.95. The minimum Gasteiger partial charge on any atom is -0.376 e. The van der Waals surface area contributed by atoms with Crippen LogP contribution >= 0.6 is 0 Å². The number of nitrogens with zero attached hydrogens (tertiary/aromatic N) is 3. The Balaban J connectivity index is 1.90. The van der Waals surface area contributed by atoms with Crippen LogP contribution in [0.2, 0.25) is 0 Å². The van der Waals surface area contributed by atoms with E-state index in [1.807, 2.05) is 0 Å². The lowest BCUT2D eigenvalue weighted by Gasteiger charge is -2.17. The van der Waals surface area contributed by atoms with E-state index >= 15 is 0 Å². The van der Waals surface area contributed by atoms with Crippen LogP contribution in [0.5, 0.6) is 0 Å². The van der Waals surface area contributed by atoms with E-state index in [2.05, 4.69) is 15.4 Å². The lowest BCUT2D eigenvalue weighted by Crippen LogP contribution is -2.29. The van der Waals surface area contributed by atoms with E-state index < -0.39 is 23.3 Å². The Hall–Kier alpha value is -4.08. The van der Waals surface area contributed by atoms with Crippen molar-refractivity contribution < 1.29 is 18.0 Å². The second-order valence-corrected chi connectivity index (χ2v) is 7.63. The monoisotopic (exact) mass is 455 g/mol. The van der Waals surface area contributed by atoms with Crippen LogP contribution in [0.3, 0.4) is 0 Å². The molecule has 0 spiro atoms. The van der Waals surface area contributed by atoms with E-state index in [9.17, 15) is 22.8 Å². The Labute approximate surface area is 186 Å². The number of hydrogen-bond donors (Lipinski definition) is 2. The van der Waals surface area contributed by atoms with Crippen LogP contribution in [0.25, 0.3) is 16.8 Å². The molecule has 0 aliphatic carbocycles. The van der Waals surface area contributed by atoms with Crippen LogP contribution < -0.4 is 15.8 Å². The van der Waals surface area contributed by atoms with Crippen molar-refractivity contribution in [3.63, 3.8) is 0 Å². The van der Waals surface area contributed by atoms with Gasteiger partial charge in [0.2, 0.25) is 0 Å². The fourth-order valence-electron chi connectivity index (χ4n) is 3.68. The van der Waals surface area contributed by atoms with Gasteiger partial charge in [-0.2, -0.15) is 17.7 Å². The number of aromatic amines is 1. The molecule has 0 aliphatic heterocycles. The maximum Gasteiger partial charge on any atom is 0.433 e. The van der Waals surface area contributed by atoms with Crippen molar-refractivity contribution in [1.29, 1.82) is 0 Å². The molecule has 2 heterocycles. The summed E-state index contributed by atoms with van der Waals surface area (Å²) in [4.78, 5) is 32.2. The molecule has 0 radical (unpaired) electrons. The summed E-state index contributed by atoms with van der Waals surface area (Å²) >= 11 is 0. The number of alkyl halides is 3. The number of aromatic nitrogens is 3. The van der Waals surface area contributed by atoms with E-state index in [1.165, 1.54) is 19.1 Å². The summed E-state index contributed by atoms with van der Waals surface area (Å²) < 4.78 is 42.1. The summed E-state index contributed by atoms with van der Waals surface area (Å²) in [6.07, 6.45) is -4.77. The molecule has 7 nitrogen and oxygen atoms in total. The van der Waals surface area contributed by atoms with Gasteiger partial charge in [0.25, 0.3) is 11.5 Å². The number of carbonyl (C=O) groups excluding carboxylic acids is 1. The highest BCUT2D eigenvalue weighted by Crippen LogP contribution is 2.38. The molecular formula is C23H20F3N5O2. The molecule has 4 rings (SSSR count). The van der Waals surface area contributed by atoms with Crippen LogP contribution in [0, 0.1) is 6.92 Å². The van der Waals surface area contributed by atoms with E-state index in [0.717, 1.165) is 0 Å². The molecule has 0 aliphatic rings. The number of rotatable bonds is 4. The lowest BCUT2D eigenvalue weighted by atomic mass is 10.1. The maximum atomic E-state index is 13.8. The van der Waals surface area contributed by atoms with Crippen molar-refractivity contribution in [3.8, 4) is 11.1 Å². The molecular weight excluding hydrogens is 435 g/mol. The summed E-state index contributed by atoms with van der Waals surface area (Å²) in [5, 5.41) is 4.78. The van der Waals surface area contributed by atoms with E-state index in [-0.39, 0.29) is 28.0 Å². The topological polar surface area (TPSA) is 82.5 Å². The fourth-order valence-corrected chi connectivity index (χ4v) is 3.68. The minimum atomic E-state index is -4.77. The van der Waals surface area contributed by atoms with E-state index in [0.29, 0.717) is 15.9 Å². The number of H-pyrrole nitrogens is 1. The average molecular weight is 455 g/mol. The normalized spacial score (nSPS) is 11.6. The van der Waals surface area contributed by atoms with Crippen LogP contribution in [0.1, 0.15) is 21.7 Å². The molecule has 2 aromatic heterocycles. The summed E-state index contributed by atoms with van der Waals surface area (Å²) in [6, 6.07) is 14.8. The molecule has 0 saturated carbocycles. The van der Waals surface area contributed by atoms with Gasteiger partial charge in [-0.25, -0.2) is 4.98 Å². The van der Waals surface area contributed by atoms with Crippen molar-refractivity contribution in [2.75, 3.05) is 24.3 Å². The number of nitrogens with one attached hydrogen (secondary N) is 2. The summed E-state index contributed by atoms with van der Waals surface area (Å²) in [5.74, 6) is -0.766. The molecule has 0 bridgehead atoms. The zero-order chi connectivity index (χ0) is 23.9. The van der Waals surface area contributed by atoms with Gasteiger partial charge in [-0.15, -0.1) is 0 Å². The van der Waals surface area contributed by atoms with Crippen molar-refractivity contribution in [2.24, 2.45) is 0 Å². The van der Waals surface area contributed by atoms with Gasteiger partial charge in [0.05, 0.1) is 22.6 Å². The Morgan fingerprint density at radius 1 is 1.06 bits per heavy atom. The largest absolute Gasteiger partial charge is 0.433 e. The van der Waals surface area contributed by atoms with Crippen LogP contribution in [0.4, 0.5) is 24.5 Å². The Morgan fingerprint density at radius 2 is 1.70 bits per heavy atom. The number of fused-ring (bicyclic) bond motifs is 1. The first kappa shape index (κ1) is 22.1.